The Labute approximate surface area is 146 Å². The van der Waals surface area contributed by atoms with Crippen LogP contribution in [0.1, 0.15) is 46.4 Å². The van der Waals surface area contributed by atoms with Gasteiger partial charge in [0.05, 0.1) is 6.54 Å². The Morgan fingerprint density at radius 2 is 2.12 bits per heavy atom. The van der Waals surface area contributed by atoms with Gasteiger partial charge in [0, 0.05) is 19.0 Å². The van der Waals surface area contributed by atoms with Crippen molar-refractivity contribution in [1.29, 1.82) is 0 Å². The number of hydrogen-bond donors (Lipinski definition) is 2. The first-order valence-electron chi connectivity index (χ1n) is 8.70. The zero-order valence-electron chi connectivity index (χ0n) is 14.4. The molecule has 2 aliphatic carbocycles. The summed E-state index contributed by atoms with van der Waals surface area (Å²) in [5.41, 5.74) is 7.83. The molecule has 6 heteroatoms. The molecule has 1 atom stereocenters. The van der Waals surface area contributed by atoms with E-state index in [1.807, 2.05) is 24.3 Å². The van der Waals surface area contributed by atoms with Gasteiger partial charge in [-0.05, 0) is 36.8 Å². The lowest BCUT2D eigenvalue weighted by atomic mass is 9.94. The van der Waals surface area contributed by atoms with E-state index in [4.69, 9.17) is 10.3 Å². The summed E-state index contributed by atoms with van der Waals surface area (Å²) in [6.45, 7) is 0.698. The second-order valence-electron chi connectivity index (χ2n) is 7.41. The number of nitrogens with two attached hydrogens (primary N) is 1. The van der Waals surface area contributed by atoms with Gasteiger partial charge in [-0.15, -0.1) is 0 Å². The van der Waals surface area contributed by atoms with E-state index in [9.17, 15) is 9.90 Å². The van der Waals surface area contributed by atoms with Crippen LogP contribution in [-0.4, -0.2) is 41.2 Å². The molecule has 1 aromatic heterocycles. The summed E-state index contributed by atoms with van der Waals surface area (Å²) in [6.07, 6.45) is 4.70. The zero-order chi connectivity index (χ0) is 17.7. The van der Waals surface area contributed by atoms with Crippen LogP contribution in [0.25, 0.3) is 0 Å². The molecule has 0 radical (unpaired) electrons. The molecule has 3 N–H and O–H groups in total. The molecule has 132 valence electrons. The molecule has 0 bridgehead atoms. The second kappa shape index (κ2) is 5.68. The minimum Gasteiger partial charge on any atom is -0.383 e. The van der Waals surface area contributed by atoms with E-state index in [0.717, 1.165) is 30.4 Å². The topological polar surface area (TPSA) is 92.6 Å². The average molecular weight is 341 g/mol. The van der Waals surface area contributed by atoms with Gasteiger partial charge in [0.25, 0.3) is 5.91 Å². The van der Waals surface area contributed by atoms with E-state index in [0.29, 0.717) is 24.2 Å². The highest BCUT2D eigenvalue weighted by Gasteiger charge is 2.48. The number of aryl methyl sites for hydroxylation is 1. The SMILES string of the molecule is CN(CC1(O)CCc2ccccc21)C(=O)c1conc1C1(CN)CC1. The van der Waals surface area contributed by atoms with Crippen LogP contribution in [0, 0.1) is 0 Å². The van der Waals surface area contributed by atoms with Gasteiger partial charge >= 0.3 is 0 Å². The number of rotatable bonds is 5. The number of aromatic nitrogens is 1. The van der Waals surface area contributed by atoms with Crippen molar-refractivity contribution in [3.05, 3.63) is 52.9 Å². The first-order chi connectivity index (χ1) is 12.0. The van der Waals surface area contributed by atoms with Crippen LogP contribution in [0.5, 0.6) is 0 Å². The average Bonchev–Trinajstić information content (AvgIpc) is 3.13. The maximum absolute atomic E-state index is 12.9. The fourth-order valence-corrected chi connectivity index (χ4v) is 3.96. The Hall–Kier alpha value is -2.18. The largest absolute Gasteiger partial charge is 0.383 e. The van der Waals surface area contributed by atoms with Crippen LogP contribution in [0.15, 0.2) is 35.1 Å². The predicted molar refractivity (Wildman–Crippen MR) is 92.1 cm³/mol. The maximum atomic E-state index is 12.9. The number of amides is 1. The molecule has 25 heavy (non-hydrogen) atoms. The molecule has 2 aromatic rings. The molecule has 0 saturated heterocycles. The fraction of sp³-hybridized carbons (Fsp3) is 0.474. The quantitative estimate of drug-likeness (QED) is 0.861. The van der Waals surface area contributed by atoms with Gasteiger partial charge in [-0.1, -0.05) is 29.4 Å². The fourth-order valence-electron chi connectivity index (χ4n) is 3.96. The lowest BCUT2D eigenvalue weighted by molar-refractivity contribution is 0.00799. The van der Waals surface area contributed by atoms with Gasteiger partial charge in [-0.3, -0.25) is 4.79 Å². The van der Waals surface area contributed by atoms with Crippen LogP contribution in [0.3, 0.4) is 0 Å². The summed E-state index contributed by atoms with van der Waals surface area (Å²) in [4.78, 5) is 14.5. The number of hydrogen-bond acceptors (Lipinski definition) is 5. The van der Waals surface area contributed by atoms with Crippen LogP contribution in [0.4, 0.5) is 0 Å². The summed E-state index contributed by atoms with van der Waals surface area (Å²) in [7, 11) is 1.71. The molecule has 0 aliphatic heterocycles. The smallest absolute Gasteiger partial charge is 0.258 e. The lowest BCUT2D eigenvalue weighted by Crippen LogP contribution is -2.41. The number of aliphatic hydroxyl groups is 1. The molecule has 0 spiro atoms. The summed E-state index contributed by atoms with van der Waals surface area (Å²) in [6, 6.07) is 7.88. The van der Waals surface area contributed by atoms with E-state index in [2.05, 4.69) is 5.16 Å². The minimum absolute atomic E-state index is 0.186. The number of carbonyl (C=O) groups excluding carboxylic acids is 1. The number of likely N-dealkylation sites (N-methyl/N-ethyl adjacent to an activating group) is 1. The van der Waals surface area contributed by atoms with Crippen molar-refractivity contribution in [2.24, 2.45) is 5.73 Å². The highest BCUT2D eigenvalue weighted by molar-refractivity contribution is 5.95. The number of nitrogens with zero attached hydrogens (tertiary/aromatic N) is 2. The Balaban J connectivity index is 1.56. The number of fused-ring (bicyclic) bond motifs is 1. The third-order valence-electron chi connectivity index (χ3n) is 5.72. The molecular formula is C19H23N3O3. The van der Waals surface area contributed by atoms with Crippen LogP contribution >= 0.6 is 0 Å². The van der Waals surface area contributed by atoms with Crippen molar-refractivity contribution in [3.8, 4) is 0 Å². The van der Waals surface area contributed by atoms with Crippen molar-refractivity contribution < 1.29 is 14.4 Å². The van der Waals surface area contributed by atoms with Gasteiger partial charge in [0.15, 0.2) is 0 Å². The third-order valence-corrected chi connectivity index (χ3v) is 5.72. The van der Waals surface area contributed by atoms with Gasteiger partial charge in [-0.25, -0.2) is 0 Å². The summed E-state index contributed by atoms with van der Waals surface area (Å²) in [5, 5.41) is 15.1. The summed E-state index contributed by atoms with van der Waals surface area (Å²) < 4.78 is 5.08. The van der Waals surface area contributed by atoms with Crippen molar-refractivity contribution in [3.63, 3.8) is 0 Å². The molecule has 2 aliphatic rings. The van der Waals surface area contributed by atoms with Crippen molar-refractivity contribution in [1.82, 2.24) is 10.1 Å². The van der Waals surface area contributed by atoms with E-state index >= 15 is 0 Å². The lowest BCUT2D eigenvalue weighted by Gasteiger charge is -2.30. The van der Waals surface area contributed by atoms with E-state index in [1.54, 1.807) is 11.9 Å². The summed E-state index contributed by atoms with van der Waals surface area (Å²) in [5.74, 6) is -0.186. The molecule has 1 fully saturated rings. The van der Waals surface area contributed by atoms with Gasteiger partial charge in [0.2, 0.25) is 0 Å². The number of carbonyl (C=O) groups is 1. The van der Waals surface area contributed by atoms with E-state index in [1.165, 1.54) is 6.26 Å². The van der Waals surface area contributed by atoms with E-state index < -0.39 is 5.60 Å². The first-order valence-corrected chi connectivity index (χ1v) is 8.70. The van der Waals surface area contributed by atoms with Crippen molar-refractivity contribution in [2.75, 3.05) is 20.1 Å². The standard InChI is InChI=1S/C19H23N3O3/c1-22(12-19(24)7-6-13-4-2-3-5-15(13)19)17(23)14-10-25-21-16(14)18(11-20)8-9-18/h2-5,10,24H,6-9,11-12,20H2,1H3. The van der Waals surface area contributed by atoms with Crippen LogP contribution < -0.4 is 5.73 Å². The highest BCUT2D eigenvalue weighted by atomic mass is 16.5. The molecule has 1 unspecified atom stereocenters. The molecule has 1 heterocycles. The van der Waals surface area contributed by atoms with Crippen LogP contribution in [-0.2, 0) is 17.4 Å². The number of benzene rings is 1. The highest BCUT2D eigenvalue weighted by Crippen LogP contribution is 2.48. The first kappa shape index (κ1) is 16.3. The van der Waals surface area contributed by atoms with Crippen molar-refractivity contribution in [2.45, 2.75) is 36.7 Å². The second-order valence-corrected chi connectivity index (χ2v) is 7.41. The molecule has 1 aromatic carbocycles. The molecule has 1 amide bonds. The normalized spacial score (nSPS) is 23.3. The Bertz CT molecular complexity index is 812. The van der Waals surface area contributed by atoms with Gasteiger partial charge in [-0.2, -0.15) is 0 Å². The summed E-state index contributed by atoms with van der Waals surface area (Å²) >= 11 is 0. The Morgan fingerprint density at radius 3 is 2.84 bits per heavy atom. The Kier molecular flexibility index (Phi) is 3.70. The maximum Gasteiger partial charge on any atom is 0.258 e. The predicted octanol–water partition coefficient (Wildman–Crippen LogP) is 1.57. The molecule has 4 rings (SSSR count). The zero-order valence-corrected chi connectivity index (χ0v) is 14.4. The Morgan fingerprint density at radius 1 is 1.36 bits per heavy atom. The van der Waals surface area contributed by atoms with E-state index in [-0.39, 0.29) is 17.9 Å². The van der Waals surface area contributed by atoms with Gasteiger partial charge < -0.3 is 20.3 Å². The molecular weight excluding hydrogens is 318 g/mol. The third kappa shape index (κ3) is 2.56. The van der Waals surface area contributed by atoms with Crippen molar-refractivity contribution >= 4 is 5.91 Å². The molecule has 1 saturated carbocycles. The van der Waals surface area contributed by atoms with Gasteiger partial charge in [0.1, 0.15) is 23.1 Å². The monoisotopic (exact) mass is 341 g/mol. The van der Waals surface area contributed by atoms with Crippen LogP contribution in [0.2, 0.25) is 0 Å². The molecule has 6 nitrogen and oxygen atoms in total. The minimum atomic E-state index is -1.01.